The van der Waals surface area contributed by atoms with Gasteiger partial charge in [0.2, 0.25) is 5.91 Å². The number of amides is 1. The third-order valence-corrected chi connectivity index (χ3v) is 2.92. The van der Waals surface area contributed by atoms with Crippen molar-refractivity contribution in [2.24, 2.45) is 0 Å². The minimum Gasteiger partial charge on any atom is -0.486 e. The van der Waals surface area contributed by atoms with E-state index in [0.717, 1.165) is 17.1 Å². The maximum Gasteiger partial charge on any atom is 0.234 e. The maximum atomic E-state index is 11.7. The van der Waals surface area contributed by atoms with E-state index >= 15 is 0 Å². The molecule has 1 aliphatic heterocycles. The molecule has 0 fully saturated rings. The minimum atomic E-state index is 0.0417. The maximum absolute atomic E-state index is 11.7. The van der Waals surface area contributed by atoms with Crippen LogP contribution < -0.4 is 14.8 Å². The van der Waals surface area contributed by atoms with Gasteiger partial charge in [-0.2, -0.15) is 0 Å². The molecule has 2 rings (SSSR count). The van der Waals surface area contributed by atoms with Gasteiger partial charge in [-0.15, -0.1) is 0 Å². The molecule has 0 saturated carbocycles. The number of hydrogen-bond donors (Lipinski definition) is 1. The molecule has 0 atom stereocenters. The Kier molecular flexibility index (Phi) is 4.84. The molecule has 0 bridgehead atoms. The average molecular weight is 278 g/mol. The number of rotatable bonds is 5. The lowest BCUT2D eigenvalue weighted by Crippen LogP contribution is -2.38. The summed E-state index contributed by atoms with van der Waals surface area (Å²) in [5.74, 6) is 1.62. The summed E-state index contributed by atoms with van der Waals surface area (Å²) in [5, 5.41) is 2.88. The molecule has 20 heavy (non-hydrogen) atoms. The van der Waals surface area contributed by atoms with Gasteiger partial charge in [-0.05, 0) is 38.6 Å². The van der Waals surface area contributed by atoms with Gasteiger partial charge < -0.3 is 14.8 Å². The third-order valence-electron chi connectivity index (χ3n) is 2.92. The fraction of sp³-hybridized carbons (Fsp3) is 0.533. The summed E-state index contributed by atoms with van der Waals surface area (Å²) in [6.07, 6.45) is 0. The predicted octanol–water partition coefficient (Wildman–Crippen LogP) is 1.41. The van der Waals surface area contributed by atoms with E-state index in [0.29, 0.717) is 26.3 Å². The first-order valence-electron chi connectivity index (χ1n) is 6.91. The van der Waals surface area contributed by atoms with Gasteiger partial charge in [0.1, 0.15) is 13.2 Å². The fourth-order valence-corrected chi connectivity index (χ4v) is 2.17. The Bertz CT molecular complexity index is 474. The van der Waals surface area contributed by atoms with E-state index in [-0.39, 0.29) is 11.9 Å². The van der Waals surface area contributed by atoms with Crippen LogP contribution in [0.1, 0.15) is 19.4 Å². The zero-order valence-electron chi connectivity index (χ0n) is 12.3. The van der Waals surface area contributed by atoms with Gasteiger partial charge in [0.25, 0.3) is 0 Å². The van der Waals surface area contributed by atoms with Gasteiger partial charge >= 0.3 is 0 Å². The van der Waals surface area contributed by atoms with E-state index in [1.165, 1.54) is 0 Å². The third kappa shape index (κ3) is 4.13. The Hall–Kier alpha value is -1.75. The predicted molar refractivity (Wildman–Crippen MR) is 77.0 cm³/mol. The van der Waals surface area contributed by atoms with Gasteiger partial charge in [-0.25, -0.2) is 0 Å². The molecule has 0 saturated heterocycles. The topological polar surface area (TPSA) is 50.8 Å². The number of hydrogen-bond acceptors (Lipinski definition) is 4. The molecule has 5 nitrogen and oxygen atoms in total. The van der Waals surface area contributed by atoms with Crippen LogP contribution in [0.3, 0.4) is 0 Å². The van der Waals surface area contributed by atoms with Crippen LogP contribution >= 0.6 is 0 Å². The monoisotopic (exact) mass is 278 g/mol. The molecule has 1 aliphatic rings. The van der Waals surface area contributed by atoms with Crippen molar-refractivity contribution in [3.05, 3.63) is 23.8 Å². The molecule has 1 heterocycles. The van der Waals surface area contributed by atoms with Crippen LogP contribution in [0.15, 0.2) is 18.2 Å². The number of carbonyl (C=O) groups excluding carboxylic acids is 1. The first-order valence-corrected chi connectivity index (χ1v) is 6.91. The minimum absolute atomic E-state index is 0.0417. The van der Waals surface area contributed by atoms with E-state index in [4.69, 9.17) is 9.47 Å². The lowest BCUT2D eigenvalue weighted by molar-refractivity contribution is -0.122. The summed E-state index contributed by atoms with van der Waals surface area (Å²) in [7, 11) is 1.93. The molecule has 110 valence electrons. The van der Waals surface area contributed by atoms with Crippen molar-refractivity contribution in [3.8, 4) is 11.5 Å². The highest BCUT2D eigenvalue weighted by atomic mass is 16.6. The van der Waals surface area contributed by atoms with Crippen molar-refractivity contribution in [3.63, 3.8) is 0 Å². The van der Waals surface area contributed by atoms with Crippen LogP contribution in [0.25, 0.3) is 0 Å². The fourth-order valence-electron chi connectivity index (χ4n) is 2.17. The largest absolute Gasteiger partial charge is 0.486 e. The highest BCUT2D eigenvalue weighted by Crippen LogP contribution is 2.30. The Balaban J connectivity index is 1.91. The van der Waals surface area contributed by atoms with Gasteiger partial charge in [0, 0.05) is 12.6 Å². The Morgan fingerprint density at radius 2 is 2.00 bits per heavy atom. The first kappa shape index (κ1) is 14.7. The zero-order valence-corrected chi connectivity index (χ0v) is 12.3. The molecular formula is C15H22N2O3. The van der Waals surface area contributed by atoms with Gasteiger partial charge in [0.05, 0.1) is 6.54 Å². The van der Waals surface area contributed by atoms with Crippen LogP contribution in [0, 0.1) is 0 Å². The lowest BCUT2D eigenvalue weighted by Gasteiger charge is -2.21. The summed E-state index contributed by atoms with van der Waals surface area (Å²) in [4.78, 5) is 13.7. The van der Waals surface area contributed by atoms with Crippen LogP contribution in [0.5, 0.6) is 11.5 Å². The molecule has 0 aliphatic carbocycles. The number of nitrogens with zero attached hydrogens (tertiary/aromatic N) is 1. The van der Waals surface area contributed by atoms with E-state index in [1.54, 1.807) is 0 Å². The SMILES string of the molecule is CC(C)NC(=O)CN(C)Cc1ccc2c(c1)OCCO2. The van der Waals surface area contributed by atoms with Crippen molar-refractivity contribution in [1.82, 2.24) is 10.2 Å². The lowest BCUT2D eigenvalue weighted by atomic mass is 10.2. The summed E-state index contributed by atoms with van der Waals surface area (Å²) < 4.78 is 11.0. The summed E-state index contributed by atoms with van der Waals surface area (Å²) >= 11 is 0. The van der Waals surface area contributed by atoms with Crippen molar-refractivity contribution in [2.45, 2.75) is 26.4 Å². The molecule has 0 unspecified atom stereocenters. The molecular weight excluding hydrogens is 256 g/mol. The molecule has 1 amide bonds. The number of benzene rings is 1. The Morgan fingerprint density at radius 3 is 2.70 bits per heavy atom. The van der Waals surface area contributed by atoms with Crippen molar-refractivity contribution < 1.29 is 14.3 Å². The number of ether oxygens (including phenoxy) is 2. The standard InChI is InChI=1S/C15H22N2O3/c1-11(2)16-15(18)10-17(3)9-12-4-5-13-14(8-12)20-7-6-19-13/h4-5,8,11H,6-7,9-10H2,1-3H3,(H,16,18). The van der Waals surface area contributed by atoms with E-state index < -0.39 is 0 Å². The van der Waals surface area contributed by atoms with Crippen LogP contribution in [-0.2, 0) is 11.3 Å². The highest BCUT2D eigenvalue weighted by molar-refractivity contribution is 5.78. The van der Waals surface area contributed by atoms with E-state index in [9.17, 15) is 4.79 Å². The van der Waals surface area contributed by atoms with E-state index in [1.807, 2.05) is 44.0 Å². The van der Waals surface area contributed by atoms with Crippen molar-refractivity contribution in [2.75, 3.05) is 26.8 Å². The molecule has 5 heteroatoms. The van der Waals surface area contributed by atoms with Crippen molar-refractivity contribution in [1.29, 1.82) is 0 Å². The Labute approximate surface area is 119 Å². The quantitative estimate of drug-likeness (QED) is 0.885. The Morgan fingerprint density at radius 1 is 1.30 bits per heavy atom. The first-order chi connectivity index (χ1) is 9.54. The summed E-state index contributed by atoms with van der Waals surface area (Å²) in [5.41, 5.74) is 1.11. The van der Waals surface area contributed by atoms with Gasteiger partial charge in [-0.3, -0.25) is 9.69 Å². The van der Waals surface area contributed by atoms with Gasteiger partial charge in [0.15, 0.2) is 11.5 Å². The number of likely N-dealkylation sites (N-methyl/N-ethyl adjacent to an activating group) is 1. The van der Waals surface area contributed by atoms with Crippen molar-refractivity contribution >= 4 is 5.91 Å². The second kappa shape index (κ2) is 6.61. The average Bonchev–Trinajstić information content (AvgIpc) is 2.37. The number of fused-ring (bicyclic) bond motifs is 1. The summed E-state index contributed by atoms with van der Waals surface area (Å²) in [6.45, 7) is 6.18. The zero-order chi connectivity index (χ0) is 14.5. The van der Waals surface area contributed by atoms with Gasteiger partial charge in [-0.1, -0.05) is 6.07 Å². The highest BCUT2D eigenvalue weighted by Gasteiger charge is 2.13. The van der Waals surface area contributed by atoms with Crippen LogP contribution in [-0.4, -0.2) is 43.7 Å². The molecule has 1 N–H and O–H groups in total. The number of carbonyl (C=O) groups is 1. The summed E-state index contributed by atoms with van der Waals surface area (Å²) in [6, 6.07) is 6.08. The molecule has 0 spiro atoms. The molecule has 1 aromatic rings. The molecule has 0 aromatic heterocycles. The normalized spacial score (nSPS) is 13.7. The molecule has 1 aromatic carbocycles. The molecule has 0 radical (unpaired) electrons. The smallest absolute Gasteiger partial charge is 0.234 e. The second-order valence-corrected chi connectivity index (χ2v) is 5.37. The second-order valence-electron chi connectivity index (χ2n) is 5.37. The van der Waals surface area contributed by atoms with Crippen LogP contribution in [0.2, 0.25) is 0 Å². The van der Waals surface area contributed by atoms with E-state index in [2.05, 4.69) is 5.32 Å². The van der Waals surface area contributed by atoms with Crippen LogP contribution in [0.4, 0.5) is 0 Å². The number of nitrogens with one attached hydrogen (secondary N) is 1.